The molecule has 0 aliphatic rings. The van der Waals surface area contributed by atoms with Crippen LogP contribution in [0.4, 0.5) is 4.39 Å². The van der Waals surface area contributed by atoms with Gasteiger partial charge in [-0.25, -0.2) is 4.39 Å². The highest BCUT2D eigenvalue weighted by Crippen LogP contribution is 2.06. The number of rotatable bonds is 8. The van der Waals surface area contributed by atoms with E-state index in [1.54, 1.807) is 0 Å². The van der Waals surface area contributed by atoms with E-state index in [4.69, 9.17) is 0 Å². The molecule has 3 heteroatoms. The zero-order valence-corrected chi connectivity index (χ0v) is 10.9. The molecular weight excluding hydrogens is 215 g/mol. The first-order chi connectivity index (χ1) is 8.22. The second kappa shape index (κ2) is 8.20. The van der Waals surface area contributed by atoms with E-state index in [0.717, 1.165) is 26.2 Å². The topological polar surface area (TPSA) is 15.3 Å². The van der Waals surface area contributed by atoms with E-state index in [9.17, 15) is 4.39 Å². The van der Waals surface area contributed by atoms with Gasteiger partial charge in [0, 0.05) is 6.54 Å². The van der Waals surface area contributed by atoms with Crippen molar-refractivity contribution in [3.05, 3.63) is 35.6 Å². The van der Waals surface area contributed by atoms with Gasteiger partial charge in [-0.1, -0.05) is 19.1 Å². The van der Waals surface area contributed by atoms with Crippen molar-refractivity contribution in [1.82, 2.24) is 10.2 Å². The van der Waals surface area contributed by atoms with Gasteiger partial charge in [0.05, 0.1) is 0 Å². The van der Waals surface area contributed by atoms with E-state index >= 15 is 0 Å². The van der Waals surface area contributed by atoms with Crippen LogP contribution in [0.1, 0.15) is 25.3 Å². The van der Waals surface area contributed by atoms with Gasteiger partial charge in [-0.2, -0.15) is 0 Å². The van der Waals surface area contributed by atoms with Crippen molar-refractivity contribution in [2.24, 2.45) is 0 Å². The summed E-state index contributed by atoms with van der Waals surface area (Å²) in [6, 6.07) is 6.75. The Kier molecular flexibility index (Phi) is 6.82. The summed E-state index contributed by atoms with van der Waals surface area (Å²) in [7, 11) is 2.11. The van der Waals surface area contributed by atoms with Gasteiger partial charge < -0.3 is 10.2 Å². The van der Waals surface area contributed by atoms with Crippen molar-refractivity contribution >= 4 is 0 Å². The van der Waals surface area contributed by atoms with Crippen LogP contribution in [0.5, 0.6) is 0 Å². The molecule has 96 valence electrons. The first kappa shape index (κ1) is 14.1. The summed E-state index contributed by atoms with van der Waals surface area (Å²) in [5, 5.41) is 3.32. The number of nitrogens with one attached hydrogen (secondary N) is 1. The summed E-state index contributed by atoms with van der Waals surface area (Å²) >= 11 is 0. The molecule has 1 aromatic rings. The van der Waals surface area contributed by atoms with Crippen LogP contribution in [0.2, 0.25) is 0 Å². The molecule has 0 heterocycles. The minimum Gasteiger partial charge on any atom is -0.317 e. The maximum absolute atomic E-state index is 12.7. The summed E-state index contributed by atoms with van der Waals surface area (Å²) < 4.78 is 12.7. The molecule has 17 heavy (non-hydrogen) atoms. The summed E-state index contributed by atoms with van der Waals surface area (Å²) in [5.74, 6) is -0.165. The van der Waals surface area contributed by atoms with Crippen molar-refractivity contribution in [2.45, 2.75) is 26.3 Å². The van der Waals surface area contributed by atoms with Crippen molar-refractivity contribution < 1.29 is 4.39 Å². The molecule has 0 aliphatic carbocycles. The van der Waals surface area contributed by atoms with E-state index in [1.165, 1.54) is 30.5 Å². The Balaban J connectivity index is 2.16. The molecular formula is C14H23FN2. The second-order valence-electron chi connectivity index (χ2n) is 4.42. The van der Waals surface area contributed by atoms with Gasteiger partial charge in [-0.05, 0) is 57.2 Å². The van der Waals surface area contributed by atoms with Crippen molar-refractivity contribution in [2.75, 3.05) is 26.7 Å². The van der Waals surface area contributed by atoms with Gasteiger partial charge in [-0.15, -0.1) is 0 Å². The molecule has 1 N–H and O–H groups in total. The Labute approximate surface area is 104 Å². The Hall–Kier alpha value is -0.930. The van der Waals surface area contributed by atoms with Gasteiger partial charge >= 0.3 is 0 Å². The van der Waals surface area contributed by atoms with Gasteiger partial charge in [0.2, 0.25) is 0 Å². The molecule has 1 rings (SSSR count). The third kappa shape index (κ3) is 6.39. The molecule has 0 aromatic heterocycles. The highest BCUT2D eigenvalue weighted by atomic mass is 19.1. The summed E-state index contributed by atoms with van der Waals surface area (Å²) in [6.07, 6.45) is 2.41. The number of nitrogens with zero attached hydrogens (tertiary/aromatic N) is 1. The lowest BCUT2D eigenvalue weighted by Gasteiger charge is -2.16. The van der Waals surface area contributed by atoms with Crippen LogP contribution in [0.15, 0.2) is 24.3 Å². The van der Waals surface area contributed by atoms with Gasteiger partial charge in [0.1, 0.15) is 5.82 Å². The van der Waals surface area contributed by atoms with E-state index in [0.29, 0.717) is 0 Å². The average Bonchev–Trinajstić information content (AvgIpc) is 2.32. The SMILES string of the molecule is CCNCCCCN(C)Cc1ccc(F)cc1. The van der Waals surface area contributed by atoms with E-state index in [1.807, 2.05) is 12.1 Å². The molecule has 1 aromatic carbocycles. The monoisotopic (exact) mass is 238 g/mol. The minimum atomic E-state index is -0.165. The molecule has 2 nitrogen and oxygen atoms in total. The van der Waals surface area contributed by atoms with Crippen LogP contribution in [0.3, 0.4) is 0 Å². The van der Waals surface area contributed by atoms with Crippen LogP contribution in [-0.2, 0) is 6.54 Å². The molecule has 0 aliphatic heterocycles. The van der Waals surface area contributed by atoms with E-state index in [2.05, 4.69) is 24.2 Å². The highest BCUT2D eigenvalue weighted by molar-refractivity contribution is 5.15. The molecule has 0 saturated heterocycles. The third-order valence-corrected chi connectivity index (χ3v) is 2.76. The Bertz CT molecular complexity index is 298. The molecule has 0 spiro atoms. The van der Waals surface area contributed by atoms with Crippen LogP contribution in [0.25, 0.3) is 0 Å². The molecule has 0 atom stereocenters. The fourth-order valence-electron chi connectivity index (χ4n) is 1.79. The Morgan fingerprint density at radius 3 is 2.53 bits per heavy atom. The number of unbranched alkanes of at least 4 members (excludes halogenated alkanes) is 1. The van der Waals surface area contributed by atoms with Crippen LogP contribution >= 0.6 is 0 Å². The highest BCUT2D eigenvalue weighted by Gasteiger charge is 2.00. The molecule has 0 unspecified atom stereocenters. The normalized spacial score (nSPS) is 11.1. The van der Waals surface area contributed by atoms with E-state index in [-0.39, 0.29) is 5.82 Å². The fraction of sp³-hybridized carbons (Fsp3) is 0.571. The third-order valence-electron chi connectivity index (χ3n) is 2.76. The van der Waals surface area contributed by atoms with Crippen molar-refractivity contribution in [1.29, 1.82) is 0 Å². The van der Waals surface area contributed by atoms with Crippen LogP contribution in [0, 0.1) is 5.82 Å². The number of halogens is 1. The van der Waals surface area contributed by atoms with Gasteiger partial charge in [0.15, 0.2) is 0 Å². The predicted molar refractivity (Wildman–Crippen MR) is 70.5 cm³/mol. The summed E-state index contributed by atoms with van der Waals surface area (Å²) in [5.41, 5.74) is 1.17. The molecule has 0 amide bonds. The van der Waals surface area contributed by atoms with E-state index < -0.39 is 0 Å². The quantitative estimate of drug-likeness (QED) is 0.700. The summed E-state index contributed by atoms with van der Waals surface area (Å²) in [4.78, 5) is 2.28. The largest absolute Gasteiger partial charge is 0.317 e. The lowest BCUT2D eigenvalue weighted by Crippen LogP contribution is -2.21. The second-order valence-corrected chi connectivity index (χ2v) is 4.42. The lowest BCUT2D eigenvalue weighted by atomic mass is 10.2. The van der Waals surface area contributed by atoms with Crippen molar-refractivity contribution in [3.63, 3.8) is 0 Å². The maximum Gasteiger partial charge on any atom is 0.123 e. The van der Waals surface area contributed by atoms with Gasteiger partial charge in [-0.3, -0.25) is 0 Å². The standard InChI is InChI=1S/C14H23FN2/c1-3-16-10-4-5-11-17(2)12-13-6-8-14(15)9-7-13/h6-9,16H,3-5,10-12H2,1-2H3. The van der Waals surface area contributed by atoms with Crippen molar-refractivity contribution in [3.8, 4) is 0 Å². The van der Waals surface area contributed by atoms with Crippen LogP contribution < -0.4 is 5.32 Å². The zero-order valence-electron chi connectivity index (χ0n) is 10.9. The molecule has 0 saturated carbocycles. The molecule has 0 fully saturated rings. The van der Waals surface area contributed by atoms with Gasteiger partial charge in [0.25, 0.3) is 0 Å². The smallest absolute Gasteiger partial charge is 0.123 e. The first-order valence-electron chi connectivity index (χ1n) is 6.36. The number of hydrogen-bond donors (Lipinski definition) is 1. The Morgan fingerprint density at radius 2 is 1.88 bits per heavy atom. The first-order valence-corrected chi connectivity index (χ1v) is 6.36. The molecule has 0 radical (unpaired) electrons. The fourth-order valence-corrected chi connectivity index (χ4v) is 1.79. The predicted octanol–water partition coefficient (Wildman–Crippen LogP) is 2.65. The molecule has 0 bridgehead atoms. The number of hydrogen-bond acceptors (Lipinski definition) is 2. The summed E-state index contributed by atoms with van der Waals surface area (Å²) in [6.45, 7) is 6.25. The maximum atomic E-state index is 12.7. The Morgan fingerprint density at radius 1 is 1.18 bits per heavy atom. The average molecular weight is 238 g/mol. The minimum absolute atomic E-state index is 0.165. The zero-order chi connectivity index (χ0) is 12.5. The number of benzene rings is 1. The van der Waals surface area contributed by atoms with Crippen LogP contribution in [-0.4, -0.2) is 31.6 Å². The lowest BCUT2D eigenvalue weighted by molar-refractivity contribution is 0.318.